The third-order valence-electron chi connectivity index (χ3n) is 4.21. The maximum absolute atomic E-state index is 13.0. The topological polar surface area (TPSA) is 44.5 Å². The van der Waals surface area contributed by atoms with Crippen LogP contribution in [-0.2, 0) is 5.54 Å². The number of benzene rings is 1. The number of hydrogen-bond donors (Lipinski definition) is 1. The summed E-state index contributed by atoms with van der Waals surface area (Å²) in [5, 5.41) is 0. The van der Waals surface area contributed by atoms with Crippen LogP contribution in [0.2, 0.25) is 0 Å². The molecule has 2 N–H and O–H groups in total. The molecule has 1 aliphatic carbocycles. The van der Waals surface area contributed by atoms with Gasteiger partial charge in [-0.25, -0.2) is 0 Å². The van der Waals surface area contributed by atoms with E-state index in [-0.39, 0.29) is 12.8 Å². The van der Waals surface area contributed by atoms with E-state index < -0.39 is 17.6 Å². The average molecular weight is 303 g/mol. The third-order valence-corrected chi connectivity index (χ3v) is 4.21. The molecule has 0 heterocycles. The zero-order chi connectivity index (χ0) is 15.7. The van der Waals surface area contributed by atoms with Crippen LogP contribution in [0.25, 0.3) is 0 Å². The van der Waals surface area contributed by atoms with Gasteiger partial charge in [-0.05, 0) is 37.0 Å². The molecule has 6 heteroatoms. The van der Waals surface area contributed by atoms with Gasteiger partial charge < -0.3 is 15.2 Å². The largest absolute Gasteiger partial charge is 0.493 e. The fourth-order valence-corrected chi connectivity index (χ4v) is 3.00. The second kappa shape index (κ2) is 5.75. The Kier molecular flexibility index (Phi) is 4.37. The van der Waals surface area contributed by atoms with Crippen LogP contribution in [0, 0.1) is 5.92 Å². The van der Waals surface area contributed by atoms with E-state index in [1.54, 1.807) is 18.2 Å². The zero-order valence-corrected chi connectivity index (χ0v) is 12.2. The molecule has 21 heavy (non-hydrogen) atoms. The molecule has 0 saturated heterocycles. The van der Waals surface area contributed by atoms with E-state index in [9.17, 15) is 13.2 Å². The van der Waals surface area contributed by atoms with E-state index in [1.807, 2.05) is 0 Å². The summed E-state index contributed by atoms with van der Waals surface area (Å²) in [5.41, 5.74) is 5.97. The van der Waals surface area contributed by atoms with Crippen LogP contribution in [0.3, 0.4) is 0 Å². The van der Waals surface area contributed by atoms with Crippen LogP contribution >= 0.6 is 0 Å². The van der Waals surface area contributed by atoms with Gasteiger partial charge in [0.15, 0.2) is 11.5 Å². The van der Waals surface area contributed by atoms with Gasteiger partial charge in [0.2, 0.25) is 0 Å². The highest BCUT2D eigenvalue weighted by atomic mass is 19.4. The lowest BCUT2D eigenvalue weighted by molar-refractivity contribution is -0.187. The van der Waals surface area contributed by atoms with Gasteiger partial charge in [0.1, 0.15) is 0 Å². The molecule has 0 radical (unpaired) electrons. The monoisotopic (exact) mass is 303 g/mol. The minimum atomic E-state index is -4.19. The Hall–Kier alpha value is -1.43. The SMILES string of the molecule is COc1ccc(C2(N)CCCC(C(F)(F)F)C2)cc1OC. The van der Waals surface area contributed by atoms with Crippen molar-refractivity contribution in [1.82, 2.24) is 0 Å². The van der Waals surface area contributed by atoms with Crippen molar-refractivity contribution in [3.8, 4) is 11.5 Å². The highest BCUT2D eigenvalue weighted by molar-refractivity contribution is 5.45. The van der Waals surface area contributed by atoms with E-state index in [4.69, 9.17) is 15.2 Å². The summed E-state index contributed by atoms with van der Waals surface area (Å²) in [6, 6.07) is 5.08. The summed E-state index contributed by atoms with van der Waals surface area (Å²) in [6.45, 7) is 0. The Morgan fingerprint density at radius 1 is 1.19 bits per heavy atom. The molecule has 0 spiro atoms. The van der Waals surface area contributed by atoms with Crippen LogP contribution in [0.5, 0.6) is 11.5 Å². The Morgan fingerprint density at radius 3 is 2.43 bits per heavy atom. The molecule has 1 fully saturated rings. The van der Waals surface area contributed by atoms with Crippen LogP contribution in [-0.4, -0.2) is 20.4 Å². The first-order chi connectivity index (χ1) is 9.80. The molecule has 0 aliphatic heterocycles. The highest BCUT2D eigenvalue weighted by Gasteiger charge is 2.46. The predicted octanol–water partition coefficient (Wildman–Crippen LogP) is 3.61. The van der Waals surface area contributed by atoms with Gasteiger partial charge in [-0.15, -0.1) is 0 Å². The fraction of sp³-hybridized carbons (Fsp3) is 0.600. The molecule has 2 unspecified atom stereocenters. The van der Waals surface area contributed by atoms with E-state index in [1.165, 1.54) is 14.2 Å². The fourth-order valence-electron chi connectivity index (χ4n) is 3.00. The van der Waals surface area contributed by atoms with Crippen molar-refractivity contribution in [2.45, 2.75) is 37.4 Å². The first-order valence-electron chi connectivity index (χ1n) is 6.88. The van der Waals surface area contributed by atoms with Gasteiger partial charge in [0.25, 0.3) is 0 Å². The smallest absolute Gasteiger partial charge is 0.391 e. The second-order valence-electron chi connectivity index (χ2n) is 5.56. The summed E-state index contributed by atoms with van der Waals surface area (Å²) in [6.07, 6.45) is -3.13. The first-order valence-corrected chi connectivity index (χ1v) is 6.88. The number of rotatable bonds is 3. The second-order valence-corrected chi connectivity index (χ2v) is 5.56. The minimum Gasteiger partial charge on any atom is -0.493 e. The van der Waals surface area contributed by atoms with E-state index >= 15 is 0 Å². The van der Waals surface area contributed by atoms with Gasteiger partial charge in [0.05, 0.1) is 20.1 Å². The molecular formula is C15H20F3NO2. The Labute approximate surface area is 122 Å². The van der Waals surface area contributed by atoms with E-state index in [0.29, 0.717) is 29.9 Å². The molecule has 0 aromatic heterocycles. The van der Waals surface area contributed by atoms with Crippen molar-refractivity contribution in [3.05, 3.63) is 23.8 Å². The lowest BCUT2D eigenvalue weighted by Crippen LogP contribution is -2.44. The number of nitrogens with two attached hydrogens (primary N) is 1. The number of halogens is 3. The van der Waals surface area contributed by atoms with Crippen molar-refractivity contribution in [2.75, 3.05) is 14.2 Å². The standard InChI is InChI=1S/C15H20F3NO2/c1-20-12-6-5-10(8-13(12)21-2)14(19)7-3-4-11(9-14)15(16,17)18/h5-6,8,11H,3-4,7,9,19H2,1-2H3. The lowest BCUT2D eigenvalue weighted by Gasteiger charge is -2.39. The summed E-state index contributed by atoms with van der Waals surface area (Å²) in [4.78, 5) is 0. The Morgan fingerprint density at radius 2 is 1.86 bits per heavy atom. The first kappa shape index (κ1) is 15.9. The number of ether oxygens (including phenoxy) is 2. The van der Waals surface area contributed by atoms with Crippen LogP contribution in [0.1, 0.15) is 31.2 Å². The van der Waals surface area contributed by atoms with Gasteiger partial charge in [0, 0.05) is 5.54 Å². The van der Waals surface area contributed by atoms with Crippen molar-refractivity contribution in [2.24, 2.45) is 11.7 Å². The van der Waals surface area contributed by atoms with Crippen molar-refractivity contribution in [3.63, 3.8) is 0 Å². The maximum Gasteiger partial charge on any atom is 0.391 e. The van der Waals surface area contributed by atoms with Crippen LogP contribution in [0.15, 0.2) is 18.2 Å². The number of methoxy groups -OCH3 is 2. The summed E-state index contributed by atoms with van der Waals surface area (Å²) < 4.78 is 49.2. The maximum atomic E-state index is 13.0. The van der Waals surface area contributed by atoms with Gasteiger partial charge >= 0.3 is 6.18 Å². The molecule has 3 nitrogen and oxygen atoms in total. The third kappa shape index (κ3) is 3.26. The molecular weight excluding hydrogens is 283 g/mol. The van der Waals surface area contributed by atoms with Gasteiger partial charge in [-0.2, -0.15) is 13.2 Å². The quantitative estimate of drug-likeness (QED) is 0.927. The molecule has 118 valence electrons. The number of hydrogen-bond acceptors (Lipinski definition) is 3. The van der Waals surface area contributed by atoms with Crippen LogP contribution in [0.4, 0.5) is 13.2 Å². The summed E-state index contributed by atoms with van der Waals surface area (Å²) in [5.74, 6) is -0.327. The summed E-state index contributed by atoms with van der Waals surface area (Å²) in [7, 11) is 3.00. The van der Waals surface area contributed by atoms with Gasteiger partial charge in [-0.1, -0.05) is 12.5 Å². The molecule has 0 amide bonds. The highest BCUT2D eigenvalue weighted by Crippen LogP contribution is 2.45. The van der Waals surface area contributed by atoms with E-state index in [0.717, 1.165) is 0 Å². The molecule has 2 rings (SSSR count). The molecule has 1 aromatic rings. The normalized spacial score (nSPS) is 26.5. The zero-order valence-electron chi connectivity index (χ0n) is 12.2. The molecule has 1 aromatic carbocycles. The van der Waals surface area contributed by atoms with Crippen molar-refractivity contribution >= 4 is 0 Å². The summed E-state index contributed by atoms with van der Waals surface area (Å²) >= 11 is 0. The van der Waals surface area contributed by atoms with Crippen molar-refractivity contribution < 1.29 is 22.6 Å². The molecule has 2 atom stereocenters. The van der Waals surface area contributed by atoms with Crippen molar-refractivity contribution in [1.29, 1.82) is 0 Å². The molecule has 1 saturated carbocycles. The Balaban J connectivity index is 2.31. The molecule has 0 bridgehead atoms. The van der Waals surface area contributed by atoms with Crippen LogP contribution < -0.4 is 15.2 Å². The van der Waals surface area contributed by atoms with Gasteiger partial charge in [-0.3, -0.25) is 0 Å². The average Bonchev–Trinajstić information content (AvgIpc) is 2.45. The number of alkyl halides is 3. The molecule has 1 aliphatic rings. The lowest BCUT2D eigenvalue weighted by atomic mass is 9.72. The minimum absolute atomic E-state index is 0.0913. The van der Waals surface area contributed by atoms with E-state index in [2.05, 4.69) is 0 Å². The predicted molar refractivity (Wildman–Crippen MR) is 73.4 cm³/mol. The Bertz CT molecular complexity index is 504.